The zero-order valence-corrected chi connectivity index (χ0v) is 14.5. The fourth-order valence-corrected chi connectivity index (χ4v) is 2.82. The lowest BCUT2D eigenvalue weighted by Crippen LogP contribution is -2.29. The van der Waals surface area contributed by atoms with E-state index in [0.29, 0.717) is 29.7 Å². The van der Waals surface area contributed by atoms with Gasteiger partial charge in [0, 0.05) is 24.2 Å². The maximum Gasteiger partial charge on any atom is 0.226 e. The topological polar surface area (TPSA) is 95.1 Å². The molecule has 2 heterocycles. The SMILES string of the molecule is Cn1cc(-c2c[c]cc(OCCNC(=O)Cc3csc(N)n3)c2)cn1. The van der Waals surface area contributed by atoms with Crippen LogP contribution in [-0.4, -0.2) is 33.8 Å². The van der Waals surface area contributed by atoms with Crippen molar-refractivity contribution in [2.45, 2.75) is 6.42 Å². The van der Waals surface area contributed by atoms with E-state index in [4.69, 9.17) is 10.5 Å². The van der Waals surface area contributed by atoms with Crippen molar-refractivity contribution in [2.75, 3.05) is 18.9 Å². The van der Waals surface area contributed by atoms with Crippen LogP contribution in [0.3, 0.4) is 0 Å². The highest BCUT2D eigenvalue weighted by molar-refractivity contribution is 7.13. The van der Waals surface area contributed by atoms with Crippen LogP contribution in [0, 0.1) is 6.07 Å². The van der Waals surface area contributed by atoms with Crippen LogP contribution in [-0.2, 0) is 18.3 Å². The van der Waals surface area contributed by atoms with Crippen molar-refractivity contribution < 1.29 is 9.53 Å². The van der Waals surface area contributed by atoms with Crippen molar-refractivity contribution >= 4 is 22.4 Å². The molecule has 1 amide bonds. The van der Waals surface area contributed by atoms with Gasteiger partial charge in [0.1, 0.15) is 12.4 Å². The van der Waals surface area contributed by atoms with E-state index < -0.39 is 0 Å². The van der Waals surface area contributed by atoms with Gasteiger partial charge < -0.3 is 15.8 Å². The molecule has 3 aromatic rings. The van der Waals surface area contributed by atoms with Crippen molar-refractivity contribution in [3.63, 3.8) is 0 Å². The summed E-state index contributed by atoms with van der Waals surface area (Å²) >= 11 is 1.33. The van der Waals surface area contributed by atoms with E-state index in [1.807, 2.05) is 25.4 Å². The number of rotatable bonds is 7. The average Bonchev–Trinajstić information content (AvgIpc) is 3.20. The summed E-state index contributed by atoms with van der Waals surface area (Å²) in [5.41, 5.74) is 8.21. The van der Waals surface area contributed by atoms with Crippen molar-refractivity contribution in [3.8, 4) is 16.9 Å². The molecule has 0 saturated carbocycles. The summed E-state index contributed by atoms with van der Waals surface area (Å²) in [6, 6.07) is 8.62. The number of aromatic nitrogens is 3. The Labute approximate surface area is 149 Å². The van der Waals surface area contributed by atoms with Crippen LogP contribution in [0.2, 0.25) is 0 Å². The van der Waals surface area contributed by atoms with Gasteiger partial charge in [-0.05, 0) is 29.8 Å². The summed E-state index contributed by atoms with van der Waals surface area (Å²) in [5, 5.41) is 9.20. The molecular formula is C17H18N5O2S. The summed E-state index contributed by atoms with van der Waals surface area (Å²) < 4.78 is 7.42. The lowest BCUT2D eigenvalue weighted by molar-refractivity contribution is -0.120. The number of anilines is 1. The first-order chi connectivity index (χ1) is 12.1. The maximum atomic E-state index is 11.8. The monoisotopic (exact) mass is 356 g/mol. The molecule has 0 atom stereocenters. The van der Waals surface area contributed by atoms with E-state index in [-0.39, 0.29) is 12.3 Å². The normalized spacial score (nSPS) is 10.6. The van der Waals surface area contributed by atoms with Gasteiger partial charge >= 0.3 is 0 Å². The second kappa shape index (κ2) is 7.80. The minimum atomic E-state index is -0.107. The molecule has 129 valence electrons. The third kappa shape index (κ3) is 4.80. The quantitative estimate of drug-likeness (QED) is 0.628. The van der Waals surface area contributed by atoms with Gasteiger partial charge in [-0.15, -0.1) is 11.3 Å². The number of nitrogen functional groups attached to an aromatic ring is 1. The summed E-state index contributed by atoms with van der Waals surface area (Å²) in [4.78, 5) is 15.9. The summed E-state index contributed by atoms with van der Waals surface area (Å²) in [7, 11) is 1.87. The summed E-state index contributed by atoms with van der Waals surface area (Å²) in [5.74, 6) is 0.590. The van der Waals surface area contributed by atoms with Crippen LogP contribution in [0.25, 0.3) is 11.1 Å². The van der Waals surface area contributed by atoms with Gasteiger partial charge in [-0.2, -0.15) is 5.10 Å². The Morgan fingerprint density at radius 2 is 2.32 bits per heavy atom. The molecule has 0 bridgehead atoms. The number of benzene rings is 1. The third-order valence-corrected chi connectivity index (χ3v) is 4.13. The zero-order valence-electron chi connectivity index (χ0n) is 13.7. The second-order valence-electron chi connectivity index (χ2n) is 5.41. The van der Waals surface area contributed by atoms with Crippen LogP contribution in [0.5, 0.6) is 5.75 Å². The highest BCUT2D eigenvalue weighted by atomic mass is 32.1. The molecule has 25 heavy (non-hydrogen) atoms. The Kier molecular flexibility index (Phi) is 5.30. The van der Waals surface area contributed by atoms with Crippen LogP contribution >= 0.6 is 11.3 Å². The van der Waals surface area contributed by atoms with E-state index in [0.717, 1.165) is 11.1 Å². The Hall–Kier alpha value is -2.87. The van der Waals surface area contributed by atoms with Gasteiger partial charge in [-0.25, -0.2) is 4.98 Å². The highest BCUT2D eigenvalue weighted by Crippen LogP contribution is 2.22. The van der Waals surface area contributed by atoms with E-state index in [1.165, 1.54) is 11.3 Å². The molecule has 1 aromatic carbocycles. The molecule has 1 radical (unpaired) electrons. The fourth-order valence-electron chi connectivity index (χ4n) is 2.26. The number of nitrogens with one attached hydrogen (secondary N) is 1. The van der Waals surface area contributed by atoms with Crippen molar-refractivity contribution in [3.05, 3.63) is 47.7 Å². The Morgan fingerprint density at radius 3 is 3.04 bits per heavy atom. The predicted octanol–water partition coefficient (Wildman–Crippen LogP) is 1.66. The van der Waals surface area contributed by atoms with Gasteiger partial charge in [0.15, 0.2) is 5.13 Å². The third-order valence-electron chi connectivity index (χ3n) is 3.40. The van der Waals surface area contributed by atoms with Gasteiger partial charge in [-0.3, -0.25) is 9.48 Å². The minimum absolute atomic E-state index is 0.107. The highest BCUT2D eigenvalue weighted by Gasteiger charge is 2.06. The Bertz CT molecular complexity index is 858. The number of thiazole rings is 1. The number of ether oxygens (including phenoxy) is 1. The molecular weight excluding hydrogens is 338 g/mol. The van der Waals surface area contributed by atoms with Gasteiger partial charge in [0.25, 0.3) is 0 Å². The smallest absolute Gasteiger partial charge is 0.226 e. The molecule has 0 spiro atoms. The first-order valence-corrected chi connectivity index (χ1v) is 8.57. The number of nitrogens with zero attached hydrogens (tertiary/aromatic N) is 3. The Morgan fingerprint density at radius 1 is 1.44 bits per heavy atom. The number of nitrogens with two attached hydrogens (primary N) is 1. The van der Waals surface area contributed by atoms with Gasteiger partial charge in [0.2, 0.25) is 5.91 Å². The van der Waals surface area contributed by atoms with Crippen LogP contribution < -0.4 is 15.8 Å². The molecule has 0 aliphatic heterocycles. The van der Waals surface area contributed by atoms with Gasteiger partial charge in [-0.1, -0.05) is 0 Å². The average molecular weight is 356 g/mol. The lowest BCUT2D eigenvalue weighted by Gasteiger charge is -2.08. The molecule has 3 N–H and O–H groups in total. The molecule has 2 aromatic heterocycles. The van der Waals surface area contributed by atoms with Crippen molar-refractivity contribution in [1.29, 1.82) is 0 Å². The number of hydrogen-bond acceptors (Lipinski definition) is 6. The van der Waals surface area contributed by atoms with Crippen LogP contribution in [0.1, 0.15) is 5.69 Å². The standard InChI is InChI=1S/C17H18N5O2S/c1-22-10-13(9-20-22)12-3-2-4-15(7-12)24-6-5-19-16(23)8-14-11-25-17(18)21-14/h3-4,7,9-11H,5-6,8H2,1H3,(H2,18,21)(H,19,23). The molecule has 0 aliphatic rings. The lowest BCUT2D eigenvalue weighted by atomic mass is 10.1. The minimum Gasteiger partial charge on any atom is -0.492 e. The van der Waals surface area contributed by atoms with E-state index in [9.17, 15) is 4.79 Å². The molecule has 7 nitrogen and oxygen atoms in total. The molecule has 8 heteroatoms. The molecule has 3 rings (SSSR count). The molecule has 0 unspecified atom stereocenters. The van der Waals surface area contributed by atoms with Crippen molar-refractivity contribution in [2.24, 2.45) is 7.05 Å². The number of hydrogen-bond donors (Lipinski definition) is 2. The number of carbonyl (C=O) groups is 1. The first kappa shape index (κ1) is 17.0. The largest absolute Gasteiger partial charge is 0.492 e. The van der Waals surface area contributed by atoms with Crippen LogP contribution in [0.4, 0.5) is 5.13 Å². The fraction of sp³-hybridized carbons (Fsp3) is 0.235. The van der Waals surface area contributed by atoms with E-state index in [1.54, 1.807) is 22.3 Å². The predicted molar refractivity (Wildman–Crippen MR) is 96.2 cm³/mol. The molecule has 0 saturated heterocycles. The summed E-state index contributed by atoms with van der Waals surface area (Å²) in [6.45, 7) is 0.783. The number of amides is 1. The Balaban J connectivity index is 1.45. The number of aryl methyl sites for hydroxylation is 1. The van der Waals surface area contributed by atoms with E-state index in [2.05, 4.69) is 21.5 Å². The maximum absolute atomic E-state index is 11.8. The number of carbonyl (C=O) groups excluding carboxylic acids is 1. The van der Waals surface area contributed by atoms with Gasteiger partial charge in [0.05, 0.1) is 24.9 Å². The second-order valence-corrected chi connectivity index (χ2v) is 6.30. The first-order valence-electron chi connectivity index (χ1n) is 7.69. The van der Waals surface area contributed by atoms with E-state index >= 15 is 0 Å². The zero-order chi connectivity index (χ0) is 17.6. The summed E-state index contributed by atoms with van der Waals surface area (Å²) in [6.07, 6.45) is 3.94. The van der Waals surface area contributed by atoms with Crippen molar-refractivity contribution in [1.82, 2.24) is 20.1 Å². The molecule has 0 fully saturated rings. The molecule has 0 aliphatic carbocycles. The van der Waals surface area contributed by atoms with Crippen LogP contribution in [0.15, 0.2) is 36.0 Å².